The van der Waals surface area contributed by atoms with Gasteiger partial charge < -0.3 is 20.2 Å². The number of benzene rings is 1. The molecule has 0 spiro atoms. The smallest absolute Gasteiger partial charge is 0.180 e. The van der Waals surface area contributed by atoms with Gasteiger partial charge in [0.1, 0.15) is 11.6 Å². The molecule has 0 aliphatic heterocycles. The number of anilines is 3. The number of rotatable bonds is 4. The van der Waals surface area contributed by atoms with Crippen LogP contribution in [-0.4, -0.2) is 21.0 Å². The van der Waals surface area contributed by atoms with E-state index in [4.69, 9.17) is 10.5 Å². The van der Waals surface area contributed by atoms with Gasteiger partial charge in [-0.3, -0.25) is 0 Å². The van der Waals surface area contributed by atoms with Gasteiger partial charge in [0.2, 0.25) is 0 Å². The highest BCUT2D eigenvalue weighted by molar-refractivity contribution is 5.71. The van der Waals surface area contributed by atoms with Crippen molar-refractivity contribution < 1.29 is 4.74 Å². The Morgan fingerprint density at radius 2 is 2.10 bits per heavy atom. The highest BCUT2D eigenvalue weighted by atomic mass is 16.5. The first-order valence-corrected chi connectivity index (χ1v) is 6.35. The summed E-state index contributed by atoms with van der Waals surface area (Å²) in [6.45, 7) is 2.61. The summed E-state index contributed by atoms with van der Waals surface area (Å²) in [5.41, 5.74) is 7.41. The molecule has 0 fully saturated rings. The Labute approximate surface area is 116 Å². The van der Waals surface area contributed by atoms with Crippen LogP contribution >= 0.6 is 0 Å². The van der Waals surface area contributed by atoms with E-state index in [0.717, 1.165) is 17.1 Å². The van der Waals surface area contributed by atoms with E-state index in [0.29, 0.717) is 18.2 Å². The fourth-order valence-corrected chi connectivity index (χ4v) is 1.97. The van der Waals surface area contributed by atoms with Gasteiger partial charge in [0.05, 0.1) is 12.8 Å². The molecule has 102 valence electrons. The number of imidazole rings is 1. The van der Waals surface area contributed by atoms with E-state index in [1.807, 2.05) is 41.8 Å². The van der Waals surface area contributed by atoms with E-state index in [1.54, 1.807) is 12.4 Å². The summed E-state index contributed by atoms with van der Waals surface area (Å²) in [4.78, 5) is 8.54. The van der Waals surface area contributed by atoms with Gasteiger partial charge in [0.15, 0.2) is 11.5 Å². The van der Waals surface area contributed by atoms with E-state index in [-0.39, 0.29) is 0 Å². The molecule has 0 saturated carbocycles. The Morgan fingerprint density at radius 1 is 1.30 bits per heavy atom. The molecule has 6 nitrogen and oxygen atoms in total. The Hall–Kier alpha value is -2.76. The topological polar surface area (TPSA) is 77.5 Å². The van der Waals surface area contributed by atoms with E-state index in [2.05, 4.69) is 15.3 Å². The highest BCUT2D eigenvalue weighted by Crippen LogP contribution is 2.22. The molecule has 3 aromatic rings. The van der Waals surface area contributed by atoms with Crippen molar-refractivity contribution in [2.45, 2.75) is 6.92 Å². The van der Waals surface area contributed by atoms with Gasteiger partial charge in [-0.15, -0.1) is 0 Å². The van der Waals surface area contributed by atoms with Crippen LogP contribution in [0.4, 0.5) is 17.3 Å². The summed E-state index contributed by atoms with van der Waals surface area (Å²) in [6.07, 6.45) is 5.27. The van der Waals surface area contributed by atoms with Crippen LogP contribution in [-0.2, 0) is 0 Å². The lowest BCUT2D eigenvalue weighted by molar-refractivity contribution is 0.340. The van der Waals surface area contributed by atoms with Gasteiger partial charge in [0, 0.05) is 18.1 Å². The van der Waals surface area contributed by atoms with Gasteiger partial charge in [-0.1, -0.05) is 0 Å². The summed E-state index contributed by atoms with van der Waals surface area (Å²) in [5.74, 6) is 1.90. The van der Waals surface area contributed by atoms with Gasteiger partial charge >= 0.3 is 0 Å². The fraction of sp³-hybridized carbons (Fsp3) is 0.143. The highest BCUT2D eigenvalue weighted by Gasteiger charge is 2.06. The SMILES string of the molecule is CCOc1ccc(Nc2nc(N)cn3ccnc23)cc1. The first kappa shape index (κ1) is 12.3. The van der Waals surface area contributed by atoms with E-state index in [1.165, 1.54) is 0 Å². The average molecular weight is 269 g/mol. The number of hydrogen-bond donors (Lipinski definition) is 2. The lowest BCUT2D eigenvalue weighted by atomic mass is 10.3. The van der Waals surface area contributed by atoms with Crippen LogP contribution in [0.15, 0.2) is 42.9 Å². The first-order chi connectivity index (χ1) is 9.76. The molecule has 0 unspecified atom stereocenters. The van der Waals surface area contributed by atoms with Crippen LogP contribution in [0.2, 0.25) is 0 Å². The molecule has 0 bridgehead atoms. The minimum Gasteiger partial charge on any atom is -0.494 e. The second-order valence-electron chi connectivity index (χ2n) is 4.25. The Kier molecular flexibility index (Phi) is 3.12. The van der Waals surface area contributed by atoms with E-state index < -0.39 is 0 Å². The standard InChI is InChI=1S/C14H15N5O/c1-2-20-11-5-3-10(4-6-11)17-13-14-16-7-8-19(14)9-12(15)18-13/h3-9H,2,15H2,1H3,(H,17,18). The van der Waals surface area contributed by atoms with Crippen molar-refractivity contribution in [3.63, 3.8) is 0 Å². The van der Waals surface area contributed by atoms with Crippen LogP contribution in [0.3, 0.4) is 0 Å². The van der Waals surface area contributed by atoms with Crippen molar-refractivity contribution in [3.05, 3.63) is 42.9 Å². The van der Waals surface area contributed by atoms with Crippen LogP contribution in [0, 0.1) is 0 Å². The molecule has 0 radical (unpaired) electrons. The number of fused-ring (bicyclic) bond motifs is 1. The number of nitrogen functional groups attached to an aromatic ring is 1. The quantitative estimate of drug-likeness (QED) is 0.760. The van der Waals surface area contributed by atoms with Gasteiger partial charge in [-0.25, -0.2) is 9.97 Å². The maximum Gasteiger partial charge on any atom is 0.180 e. The molecule has 0 amide bonds. The van der Waals surface area contributed by atoms with Crippen molar-refractivity contribution in [3.8, 4) is 5.75 Å². The molecule has 0 aliphatic carbocycles. The molecule has 6 heteroatoms. The minimum atomic E-state index is 0.434. The molecule has 0 atom stereocenters. The second kappa shape index (κ2) is 5.08. The summed E-state index contributed by atoms with van der Waals surface area (Å²) in [7, 11) is 0. The minimum absolute atomic E-state index is 0.434. The zero-order valence-corrected chi connectivity index (χ0v) is 11.1. The van der Waals surface area contributed by atoms with Crippen molar-refractivity contribution in [2.75, 3.05) is 17.7 Å². The second-order valence-corrected chi connectivity index (χ2v) is 4.25. The molecular weight excluding hydrogens is 254 g/mol. The molecule has 0 saturated heterocycles. The molecule has 1 aromatic carbocycles. The number of ether oxygens (including phenoxy) is 1. The average Bonchev–Trinajstić information content (AvgIpc) is 2.89. The lowest BCUT2D eigenvalue weighted by Gasteiger charge is -2.09. The zero-order valence-electron chi connectivity index (χ0n) is 11.1. The normalized spacial score (nSPS) is 10.7. The maximum absolute atomic E-state index is 5.78. The zero-order chi connectivity index (χ0) is 13.9. The van der Waals surface area contributed by atoms with Gasteiger partial charge in [-0.05, 0) is 31.2 Å². The third kappa shape index (κ3) is 2.35. The fourth-order valence-electron chi connectivity index (χ4n) is 1.97. The van der Waals surface area contributed by atoms with Crippen molar-refractivity contribution in [2.24, 2.45) is 0 Å². The number of nitrogens with zero attached hydrogens (tertiary/aromatic N) is 3. The van der Waals surface area contributed by atoms with Gasteiger partial charge in [-0.2, -0.15) is 0 Å². The Morgan fingerprint density at radius 3 is 2.85 bits per heavy atom. The van der Waals surface area contributed by atoms with Gasteiger partial charge in [0.25, 0.3) is 0 Å². The van der Waals surface area contributed by atoms with Crippen LogP contribution < -0.4 is 15.8 Å². The predicted octanol–water partition coefficient (Wildman–Crippen LogP) is 2.45. The predicted molar refractivity (Wildman–Crippen MR) is 78.3 cm³/mol. The lowest BCUT2D eigenvalue weighted by Crippen LogP contribution is -2.02. The Balaban J connectivity index is 1.90. The molecular formula is C14H15N5O. The molecule has 0 aliphatic rings. The number of aromatic nitrogens is 3. The number of nitrogens with one attached hydrogen (secondary N) is 1. The summed E-state index contributed by atoms with van der Waals surface area (Å²) in [6, 6.07) is 7.66. The third-order valence-electron chi connectivity index (χ3n) is 2.82. The van der Waals surface area contributed by atoms with Crippen LogP contribution in [0.5, 0.6) is 5.75 Å². The van der Waals surface area contributed by atoms with E-state index in [9.17, 15) is 0 Å². The number of hydrogen-bond acceptors (Lipinski definition) is 5. The van der Waals surface area contributed by atoms with Crippen molar-refractivity contribution >= 4 is 23.0 Å². The molecule has 3 rings (SSSR count). The van der Waals surface area contributed by atoms with Crippen LogP contribution in [0.25, 0.3) is 5.65 Å². The largest absolute Gasteiger partial charge is 0.494 e. The summed E-state index contributed by atoms with van der Waals surface area (Å²) < 4.78 is 7.24. The Bertz CT molecular complexity index is 720. The van der Waals surface area contributed by atoms with E-state index >= 15 is 0 Å². The molecule has 2 aromatic heterocycles. The summed E-state index contributed by atoms with van der Waals surface area (Å²) in [5, 5.41) is 3.21. The maximum atomic E-state index is 5.78. The molecule has 2 heterocycles. The molecule has 3 N–H and O–H groups in total. The van der Waals surface area contributed by atoms with Crippen molar-refractivity contribution in [1.29, 1.82) is 0 Å². The molecule has 20 heavy (non-hydrogen) atoms. The summed E-state index contributed by atoms with van der Waals surface area (Å²) >= 11 is 0. The van der Waals surface area contributed by atoms with Crippen molar-refractivity contribution in [1.82, 2.24) is 14.4 Å². The first-order valence-electron chi connectivity index (χ1n) is 6.35. The van der Waals surface area contributed by atoms with Crippen LogP contribution in [0.1, 0.15) is 6.92 Å². The third-order valence-corrected chi connectivity index (χ3v) is 2.82. The number of nitrogens with two attached hydrogens (primary N) is 1. The monoisotopic (exact) mass is 269 g/mol.